The maximum atomic E-state index is 12.7. The van der Waals surface area contributed by atoms with E-state index in [-0.39, 0.29) is 37.5 Å². The summed E-state index contributed by atoms with van der Waals surface area (Å²) in [7, 11) is 0. The van der Waals surface area contributed by atoms with Gasteiger partial charge in [-0.2, -0.15) is 0 Å². The SMILES string of the molecule is CC/C=C\C/C=C\C/C=C\CCCC(=O)OC(COC(=O)CCCCCC/C=C\CCCC)COC(=O)CCCCCCC/C=C\C=C/CCCCCCCCC. The maximum Gasteiger partial charge on any atom is 0.306 e. The van der Waals surface area contributed by atoms with Gasteiger partial charge >= 0.3 is 17.9 Å². The summed E-state index contributed by atoms with van der Waals surface area (Å²) >= 11 is 0. The Morgan fingerprint density at radius 2 is 0.772 bits per heavy atom. The fraction of sp³-hybridized carbons (Fsp3) is 0.706. The molecule has 0 aromatic carbocycles. The van der Waals surface area contributed by atoms with Crippen LogP contribution in [0.15, 0.2) is 72.9 Å². The number of ether oxygens (including phenoxy) is 3. The number of esters is 3. The van der Waals surface area contributed by atoms with Crippen LogP contribution in [0.2, 0.25) is 0 Å². The van der Waals surface area contributed by atoms with Crippen molar-refractivity contribution in [3.05, 3.63) is 72.9 Å². The zero-order chi connectivity index (χ0) is 41.5. The van der Waals surface area contributed by atoms with Crippen molar-refractivity contribution in [2.24, 2.45) is 0 Å². The topological polar surface area (TPSA) is 78.9 Å². The van der Waals surface area contributed by atoms with E-state index in [0.717, 1.165) is 103 Å². The van der Waals surface area contributed by atoms with Crippen LogP contribution in [0.5, 0.6) is 0 Å². The first-order chi connectivity index (χ1) is 28.0. The van der Waals surface area contributed by atoms with Crippen molar-refractivity contribution in [3.8, 4) is 0 Å². The van der Waals surface area contributed by atoms with Gasteiger partial charge in [-0.1, -0.05) is 177 Å². The molecule has 0 amide bonds. The summed E-state index contributed by atoms with van der Waals surface area (Å²) in [5.74, 6) is -0.997. The first-order valence-electron chi connectivity index (χ1n) is 23.5. The number of carbonyl (C=O) groups is 3. The molecule has 0 fully saturated rings. The Morgan fingerprint density at radius 3 is 1.30 bits per heavy atom. The number of rotatable bonds is 41. The second kappa shape index (κ2) is 45.6. The Labute approximate surface area is 351 Å². The van der Waals surface area contributed by atoms with Crippen molar-refractivity contribution in [2.75, 3.05) is 13.2 Å². The molecule has 0 N–H and O–H groups in total. The highest BCUT2D eigenvalue weighted by Crippen LogP contribution is 2.12. The lowest BCUT2D eigenvalue weighted by atomic mass is 10.1. The molecule has 0 spiro atoms. The summed E-state index contributed by atoms with van der Waals surface area (Å²) < 4.78 is 16.6. The van der Waals surface area contributed by atoms with Crippen LogP contribution in [0.1, 0.15) is 213 Å². The maximum absolute atomic E-state index is 12.7. The smallest absolute Gasteiger partial charge is 0.306 e. The third-order valence-corrected chi connectivity index (χ3v) is 9.69. The minimum Gasteiger partial charge on any atom is -0.462 e. The standard InChI is InChI=1S/C51H86O6/c1-4-7-10-13-16-19-22-23-24-25-26-27-28-30-32-35-38-41-44-50(53)56-47-48(46-55-49(52)43-40-37-34-31-21-18-15-12-9-6-3)57-51(54)45-42-39-36-33-29-20-17-14-11-8-5-2/h8,11,15,17-18,20,24-27,33,36,48H,4-7,9-10,12-14,16,19,21-23,28-32,34-35,37-47H2,1-3H3/b11-8-,18-15-,20-17-,25-24-,27-26-,36-33-. The zero-order valence-electron chi connectivity index (χ0n) is 37.1. The predicted octanol–water partition coefficient (Wildman–Crippen LogP) is 15.1. The molecule has 0 heterocycles. The lowest BCUT2D eigenvalue weighted by Crippen LogP contribution is -2.30. The molecule has 0 radical (unpaired) electrons. The summed E-state index contributed by atoms with van der Waals surface area (Å²) in [6.45, 7) is 6.38. The molecule has 0 aromatic heterocycles. The van der Waals surface area contributed by atoms with E-state index >= 15 is 0 Å². The van der Waals surface area contributed by atoms with Crippen LogP contribution in [-0.4, -0.2) is 37.2 Å². The molecule has 1 atom stereocenters. The van der Waals surface area contributed by atoms with Gasteiger partial charge in [0.1, 0.15) is 13.2 Å². The molecule has 1 unspecified atom stereocenters. The molecule has 57 heavy (non-hydrogen) atoms. The van der Waals surface area contributed by atoms with Crippen LogP contribution in [0.25, 0.3) is 0 Å². The van der Waals surface area contributed by atoms with Gasteiger partial charge in [0.15, 0.2) is 6.10 Å². The fourth-order valence-electron chi connectivity index (χ4n) is 6.14. The molecule has 0 rings (SSSR count). The molecular formula is C51H86O6. The van der Waals surface area contributed by atoms with Crippen LogP contribution in [0.3, 0.4) is 0 Å². The van der Waals surface area contributed by atoms with Gasteiger partial charge in [0.25, 0.3) is 0 Å². The Kier molecular flexibility index (Phi) is 43.0. The average molecular weight is 795 g/mol. The first-order valence-corrected chi connectivity index (χ1v) is 23.5. The Morgan fingerprint density at radius 1 is 0.386 bits per heavy atom. The molecule has 0 saturated carbocycles. The van der Waals surface area contributed by atoms with E-state index < -0.39 is 6.10 Å². The highest BCUT2D eigenvalue weighted by molar-refractivity contribution is 5.71. The normalized spacial score (nSPS) is 12.7. The van der Waals surface area contributed by atoms with Crippen LogP contribution in [-0.2, 0) is 28.6 Å². The molecule has 0 aliphatic heterocycles. The number of hydrogen-bond acceptors (Lipinski definition) is 6. The summed E-state index contributed by atoms with van der Waals surface area (Å²) in [4.78, 5) is 37.7. The summed E-state index contributed by atoms with van der Waals surface area (Å²) in [5.41, 5.74) is 0. The van der Waals surface area contributed by atoms with Crippen LogP contribution in [0, 0.1) is 0 Å². The van der Waals surface area contributed by atoms with Crippen molar-refractivity contribution in [3.63, 3.8) is 0 Å². The van der Waals surface area contributed by atoms with Gasteiger partial charge in [-0.3, -0.25) is 14.4 Å². The summed E-state index contributed by atoms with van der Waals surface area (Å²) in [6.07, 6.45) is 56.1. The fourth-order valence-corrected chi connectivity index (χ4v) is 6.14. The third kappa shape index (κ3) is 43.8. The summed E-state index contributed by atoms with van der Waals surface area (Å²) in [5, 5.41) is 0. The Balaban J connectivity index is 4.42. The van der Waals surface area contributed by atoms with E-state index in [9.17, 15) is 14.4 Å². The number of carbonyl (C=O) groups excluding carboxylic acids is 3. The largest absolute Gasteiger partial charge is 0.462 e. The average Bonchev–Trinajstić information content (AvgIpc) is 3.21. The lowest BCUT2D eigenvalue weighted by molar-refractivity contribution is -0.167. The zero-order valence-corrected chi connectivity index (χ0v) is 37.1. The van der Waals surface area contributed by atoms with Crippen molar-refractivity contribution >= 4 is 17.9 Å². The molecule has 0 aliphatic carbocycles. The van der Waals surface area contributed by atoms with E-state index in [1.807, 2.05) is 0 Å². The molecule has 326 valence electrons. The minimum absolute atomic E-state index is 0.108. The molecule has 6 heteroatoms. The van der Waals surface area contributed by atoms with Gasteiger partial charge < -0.3 is 14.2 Å². The van der Waals surface area contributed by atoms with Crippen molar-refractivity contribution < 1.29 is 28.6 Å². The molecule has 0 saturated heterocycles. The van der Waals surface area contributed by atoms with Crippen LogP contribution < -0.4 is 0 Å². The molecule has 0 bridgehead atoms. The van der Waals surface area contributed by atoms with Crippen LogP contribution >= 0.6 is 0 Å². The van der Waals surface area contributed by atoms with Crippen LogP contribution in [0.4, 0.5) is 0 Å². The van der Waals surface area contributed by atoms with Gasteiger partial charge in [0, 0.05) is 19.3 Å². The van der Waals surface area contributed by atoms with E-state index in [2.05, 4.69) is 93.7 Å². The molecular weight excluding hydrogens is 709 g/mol. The van der Waals surface area contributed by atoms with Gasteiger partial charge in [-0.05, 0) is 89.9 Å². The van der Waals surface area contributed by atoms with Gasteiger partial charge in [0.05, 0.1) is 0 Å². The predicted molar refractivity (Wildman–Crippen MR) is 242 cm³/mol. The number of hydrogen-bond donors (Lipinski definition) is 0. The second-order valence-electron chi connectivity index (χ2n) is 15.3. The van der Waals surface area contributed by atoms with E-state index in [0.29, 0.717) is 19.3 Å². The Hall–Kier alpha value is -3.15. The second-order valence-corrected chi connectivity index (χ2v) is 15.3. The lowest BCUT2D eigenvalue weighted by Gasteiger charge is -2.18. The summed E-state index contributed by atoms with van der Waals surface area (Å²) in [6, 6.07) is 0. The third-order valence-electron chi connectivity index (χ3n) is 9.69. The Bertz CT molecular complexity index is 1100. The van der Waals surface area contributed by atoms with E-state index in [4.69, 9.17) is 14.2 Å². The van der Waals surface area contributed by atoms with Gasteiger partial charge in [0.2, 0.25) is 0 Å². The van der Waals surface area contributed by atoms with Gasteiger partial charge in [-0.25, -0.2) is 0 Å². The number of unbranched alkanes of at least 4 members (excludes halogenated alkanes) is 19. The van der Waals surface area contributed by atoms with Gasteiger partial charge in [-0.15, -0.1) is 0 Å². The van der Waals surface area contributed by atoms with E-state index in [1.54, 1.807) is 0 Å². The molecule has 0 aromatic rings. The number of allylic oxidation sites excluding steroid dienone is 12. The van der Waals surface area contributed by atoms with Crippen molar-refractivity contribution in [1.29, 1.82) is 0 Å². The van der Waals surface area contributed by atoms with E-state index in [1.165, 1.54) is 64.2 Å². The first kappa shape index (κ1) is 53.9. The molecule has 6 nitrogen and oxygen atoms in total. The minimum atomic E-state index is -0.810. The monoisotopic (exact) mass is 795 g/mol. The molecule has 0 aliphatic rings. The van der Waals surface area contributed by atoms with Crippen molar-refractivity contribution in [2.45, 2.75) is 219 Å². The quantitative estimate of drug-likeness (QED) is 0.0202. The van der Waals surface area contributed by atoms with Crippen molar-refractivity contribution in [1.82, 2.24) is 0 Å². The highest BCUT2D eigenvalue weighted by Gasteiger charge is 2.19. The highest BCUT2D eigenvalue weighted by atomic mass is 16.6.